The molecular weight excluding hydrogens is 318 g/mol. The standard InChI is InChI=1S/C24H29NO/c1-26-16-22-7-4-12-25(22)15-23-19-9-11-21(14-19)24(23)20-10-8-17-5-2-3-6-18(17)13-20/h2-3,5-6,8,10,13,19,21-22H,4,7,9,11-12,14-16H2,1H3/t19?,21?,22-/m0/s1. The molecule has 0 radical (unpaired) electrons. The molecule has 2 bridgehead atoms. The van der Waals surface area contributed by atoms with Gasteiger partial charge in [-0.15, -0.1) is 0 Å². The summed E-state index contributed by atoms with van der Waals surface area (Å²) in [4.78, 5) is 2.70. The van der Waals surface area contributed by atoms with E-state index in [9.17, 15) is 0 Å². The number of benzene rings is 2. The van der Waals surface area contributed by atoms with Crippen LogP contribution in [-0.4, -0.2) is 37.7 Å². The molecule has 26 heavy (non-hydrogen) atoms. The normalized spacial score (nSPS) is 28.6. The lowest BCUT2D eigenvalue weighted by Crippen LogP contribution is -2.35. The highest BCUT2D eigenvalue weighted by Gasteiger charge is 2.40. The Hall–Kier alpha value is -1.64. The number of fused-ring (bicyclic) bond motifs is 3. The molecule has 0 aromatic heterocycles. The van der Waals surface area contributed by atoms with Crippen molar-refractivity contribution in [2.75, 3.05) is 26.8 Å². The Kier molecular flexibility index (Phi) is 4.34. The van der Waals surface area contributed by atoms with E-state index in [1.54, 1.807) is 11.1 Å². The molecule has 2 heteroatoms. The monoisotopic (exact) mass is 347 g/mol. The molecule has 2 fully saturated rings. The third-order valence-corrected chi connectivity index (χ3v) is 6.97. The highest BCUT2D eigenvalue weighted by molar-refractivity contribution is 5.87. The van der Waals surface area contributed by atoms with E-state index >= 15 is 0 Å². The Morgan fingerprint density at radius 1 is 1.00 bits per heavy atom. The predicted octanol–water partition coefficient (Wildman–Crippen LogP) is 5.13. The van der Waals surface area contributed by atoms with Crippen molar-refractivity contribution in [3.63, 3.8) is 0 Å². The van der Waals surface area contributed by atoms with Crippen LogP contribution >= 0.6 is 0 Å². The van der Waals surface area contributed by atoms with Gasteiger partial charge in [0.2, 0.25) is 0 Å². The molecule has 2 nitrogen and oxygen atoms in total. The van der Waals surface area contributed by atoms with Crippen LogP contribution in [0.25, 0.3) is 16.3 Å². The first-order valence-corrected chi connectivity index (χ1v) is 10.3. The summed E-state index contributed by atoms with van der Waals surface area (Å²) in [6, 6.07) is 16.5. The van der Waals surface area contributed by atoms with Gasteiger partial charge < -0.3 is 4.74 Å². The summed E-state index contributed by atoms with van der Waals surface area (Å²) >= 11 is 0. The number of methoxy groups -OCH3 is 1. The summed E-state index contributed by atoms with van der Waals surface area (Å²) < 4.78 is 5.48. The first-order chi connectivity index (χ1) is 12.8. The van der Waals surface area contributed by atoms with Crippen LogP contribution < -0.4 is 0 Å². The highest BCUT2D eigenvalue weighted by Crippen LogP contribution is 2.53. The van der Waals surface area contributed by atoms with Gasteiger partial charge in [-0.25, -0.2) is 0 Å². The molecule has 2 aromatic rings. The van der Waals surface area contributed by atoms with Crippen molar-refractivity contribution < 1.29 is 4.74 Å². The van der Waals surface area contributed by atoms with Crippen molar-refractivity contribution >= 4 is 16.3 Å². The van der Waals surface area contributed by atoms with E-state index in [1.165, 1.54) is 55.0 Å². The second-order valence-electron chi connectivity index (χ2n) is 8.43. The van der Waals surface area contributed by atoms with Crippen molar-refractivity contribution in [2.45, 2.75) is 38.1 Å². The van der Waals surface area contributed by atoms with E-state index in [0.717, 1.165) is 25.0 Å². The fourth-order valence-corrected chi connectivity index (χ4v) is 5.74. The summed E-state index contributed by atoms with van der Waals surface area (Å²) in [5.74, 6) is 1.62. The van der Waals surface area contributed by atoms with Gasteiger partial charge >= 0.3 is 0 Å². The molecule has 5 rings (SSSR count). The number of rotatable bonds is 5. The van der Waals surface area contributed by atoms with Gasteiger partial charge in [0.15, 0.2) is 0 Å². The number of nitrogens with zero attached hydrogens (tertiary/aromatic N) is 1. The maximum atomic E-state index is 5.48. The average molecular weight is 348 g/mol. The summed E-state index contributed by atoms with van der Waals surface area (Å²) in [6.45, 7) is 3.28. The van der Waals surface area contributed by atoms with Crippen LogP contribution in [0.1, 0.15) is 37.7 Å². The van der Waals surface area contributed by atoms with Crippen molar-refractivity contribution in [1.82, 2.24) is 4.90 Å². The maximum absolute atomic E-state index is 5.48. The minimum absolute atomic E-state index is 0.615. The summed E-state index contributed by atoms with van der Waals surface area (Å²) in [5, 5.41) is 2.72. The Balaban J connectivity index is 1.51. The van der Waals surface area contributed by atoms with Gasteiger partial charge in [-0.3, -0.25) is 4.90 Å². The van der Waals surface area contributed by atoms with Crippen LogP contribution in [0, 0.1) is 11.8 Å². The molecule has 0 N–H and O–H groups in total. The molecule has 2 aromatic carbocycles. The quantitative estimate of drug-likeness (QED) is 0.743. The zero-order valence-corrected chi connectivity index (χ0v) is 15.8. The molecule has 0 amide bonds. The SMILES string of the molecule is COC[C@@H]1CCCN1CC1=C(c2ccc3ccccc3c2)C2CCC1C2. The van der Waals surface area contributed by atoms with E-state index in [1.807, 2.05) is 7.11 Å². The fourth-order valence-electron chi connectivity index (χ4n) is 5.74. The number of likely N-dealkylation sites (tertiary alicyclic amines) is 1. The second-order valence-corrected chi connectivity index (χ2v) is 8.43. The van der Waals surface area contributed by atoms with Gasteiger partial charge in [-0.1, -0.05) is 36.4 Å². The Morgan fingerprint density at radius 2 is 1.85 bits per heavy atom. The Morgan fingerprint density at radius 3 is 2.73 bits per heavy atom. The molecular formula is C24H29NO. The lowest BCUT2D eigenvalue weighted by molar-refractivity contribution is 0.119. The lowest BCUT2D eigenvalue weighted by atomic mass is 9.86. The number of hydrogen-bond donors (Lipinski definition) is 0. The molecule has 136 valence electrons. The molecule has 0 spiro atoms. The highest BCUT2D eigenvalue weighted by atomic mass is 16.5. The zero-order valence-electron chi connectivity index (χ0n) is 15.8. The van der Waals surface area contributed by atoms with Gasteiger partial charge in [0.1, 0.15) is 0 Å². The van der Waals surface area contributed by atoms with Gasteiger partial charge in [-0.05, 0) is 84.0 Å². The van der Waals surface area contributed by atoms with Crippen LogP contribution in [0.5, 0.6) is 0 Å². The van der Waals surface area contributed by atoms with Crippen molar-refractivity contribution in [2.24, 2.45) is 11.8 Å². The second kappa shape index (κ2) is 6.83. The molecule has 1 saturated carbocycles. The minimum Gasteiger partial charge on any atom is -0.383 e. The average Bonchev–Trinajstić information content (AvgIpc) is 3.39. The first-order valence-electron chi connectivity index (χ1n) is 10.3. The van der Waals surface area contributed by atoms with Crippen molar-refractivity contribution in [3.8, 4) is 0 Å². The molecule has 3 aliphatic rings. The summed E-state index contributed by atoms with van der Waals surface area (Å²) in [5.41, 5.74) is 4.92. The lowest BCUT2D eigenvalue weighted by Gasteiger charge is -2.29. The molecule has 2 aliphatic carbocycles. The Bertz CT molecular complexity index is 839. The van der Waals surface area contributed by atoms with E-state index in [2.05, 4.69) is 47.4 Å². The molecule has 1 heterocycles. The van der Waals surface area contributed by atoms with Gasteiger partial charge in [0.05, 0.1) is 6.61 Å². The first kappa shape index (κ1) is 16.5. The molecule has 1 aliphatic heterocycles. The number of hydrogen-bond acceptors (Lipinski definition) is 2. The largest absolute Gasteiger partial charge is 0.383 e. The summed E-state index contributed by atoms with van der Waals surface area (Å²) in [7, 11) is 1.84. The van der Waals surface area contributed by atoms with Crippen molar-refractivity contribution in [3.05, 3.63) is 53.6 Å². The molecule has 2 unspecified atom stereocenters. The predicted molar refractivity (Wildman–Crippen MR) is 108 cm³/mol. The van der Waals surface area contributed by atoms with Gasteiger partial charge in [-0.2, -0.15) is 0 Å². The minimum atomic E-state index is 0.615. The van der Waals surface area contributed by atoms with Crippen LogP contribution in [0.4, 0.5) is 0 Å². The maximum Gasteiger partial charge on any atom is 0.0618 e. The molecule has 3 atom stereocenters. The van der Waals surface area contributed by atoms with E-state index in [-0.39, 0.29) is 0 Å². The molecule has 1 saturated heterocycles. The van der Waals surface area contributed by atoms with E-state index in [4.69, 9.17) is 4.74 Å². The zero-order chi connectivity index (χ0) is 17.5. The Labute approximate surface area is 156 Å². The third kappa shape index (κ3) is 2.80. The van der Waals surface area contributed by atoms with Crippen molar-refractivity contribution in [1.29, 1.82) is 0 Å². The van der Waals surface area contributed by atoms with Crippen LogP contribution in [0.15, 0.2) is 48.0 Å². The van der Waals surface area contributed by atoms with Crippen LogP contribution in [-0.2, 0) is 4.74 Å². The van der Waals surface area contributed by atoms with Gasteiger partial charge in [0, 0.05) is 19.7 Å². The topological polar surface area (TPSA) is 12.5 Å². The number of allylic oxidation sites excluding steroid dienone is 1. The third-order valence-electron chi connectivity index (χ3n) is 6.97. The fraction of sp³-hybridized carbons (Fsp3) is 0.500. The van der Waals surface area contributed by atoms with Gasteiger partial charge in [0.25, 0.3) is 0 Å². The van der Waals surface area contributed by atoms with E-state index < -0.39 is 0 Å². The van der Waals surface area contributed by atoms with Crippen LogP contribution in [0.2, 0.25) is 0 Å². The summed E-state index contributed by atoms with van der Waals surface area (Å²) in [6.07, 6.45) is 6.79. The number of ether oxygens (including phenoxy) is 1. The van der Waals surface area contributed by atoms with Crippen LogP contribution in [0.3, 0.4) is 0 Å². The smallest absolute Gasteiger partial charge is 0.0618 e. The van der Waals surface area contributed by atoms with E-state index in [0.29, 0.717) is 6.04 Å².